The minimum absolute atomic E-state index is 0.310. The molecule has 1 aromatic heterocycles. The van der Waals surface area contributed by atoms with E-state index in [4.69, 9.17) is 4.98 Å². The van der Waals surface area contributed by atoms with E-state index >= 15 is 0 Å². The van der Waals surface area contributed by atoms with Crippen LogP contribution in [0.2, 0.25) is 0 Å². The highest BCUT2D eigenvalue weighted by Crippen LogP contribution is 2.39. The largest absolute Gasteiger partial charge is 0.508 e. The first-order chi connectivity index (χ1) is 9.81. The second-order valence-corrected chi connectivity index (χ2v) is 5.46. The highest BCUT2D eigenvalue weighted by Gasteiger charge is 2.27. The summed E-state index contributed by atoms with van der Waals surface area (Å²) in [6.07, 6.45) is 3.32. The van der Waals surface area contributed by atoms with E-state index in [-0.39, 0.29) is 0 Å². The van der Waals surface area contributed by atoms with Gasteiger partial charge in [0.2, 0.25) is 0 Å². The summed E-state index contributed by atoms with van der Waals surface area (Å²) < 4.78 is 2.39. The Balaban J connectivity index is 1.78. The smallest absolute Gasteiger partial charge is 0.115 e. The molecule has 4 rings (SSSR count). The molecule has 1 saturated carbocycles. The molecule has 3 heteroatoms. The zero-order valence-corrected chi connectivity index (χ0v) is 11.2. The van der Waals surface area contributed by atoms with Crippen LogP contribution in [0.25, 0.3) is 11.0 Å². The molecular formula is C17H16N2O. The van der Waals surface area contributed by atoms with Crippen LogP contribution in [0.4, 0.5) is 0 Å². The van der Waals surface area contributed by atoms with E-state index in [0.29, 0.717) is 11.8 Å². The van der Waals surface area contributed by atoms with Gasteiger partial charge in [-0.1, -0.05) is 24.3 Å². The number of para-hydroxylation sites is 2. The molecule has 1 fully saturated rings. The first-order valence-corrected chi connectivity index (χ1v) is 7.05. The zero-order chi connectivity index (χ0) is 13.5. The van der Waals surface area contributed by atoms with Gasteiger partial charge in [-0.05, 0) is 42.7 Å². The minimum atomic E-state index is 0.310. The van der Waals surface area contributed by atoms with Crippen molar-refractivity contribution in [2.75, 3.05) is 0 Å². The van der Waals surface area contributed by atoms with E-state index in [1.165, 1.54) is 23.9 Å². The number of aromatic hydroxyl groups is 1. The van der Waals surface area contributed by atoms with E-state index < -0.39 is 0 Å². The summed E-state index contributed by atoms with van der Waals surface area (Å²) in [7, 11) is 0. The fourth-order valence-electron chi connectivity index (χ4n) is 2.76. The van der Waals surface area contributed by atoms with Gasteiger partial charge in [0, 0.05) is 12.5 Å². The van der Waals surface area contributed by atoms with Crippen LogP contribution in [0.3, 0.4) is 0 Å². The van der Waals surface area contributed by atoms with Crippen LogP contribution in [-0.2, 0) is 6.42 Å². The van der Waals surface area contributed by atoms with Gasteiger partial charge in [-0.15, -0.1) is 0 Å². The third-order valence-electron chi connectivity index (χ3n) is 3.88. The second-order valence-electron chi connectivity index (χ2n) is 5.46. The van der Waals surface area contributed by atoms with Gasteiger partial charge in [-0.3, -0.25) is 0 Å². The van der Waals surface area contributed by atoms with E-state index in [1.54, 1.807) is 12.1 Å². The monoisotopic (exact) mass is 264 g/mol. The fraction of sp³-hybridized carbons (Fsp3) is 0.235. The first kappa shape index (κ1) is 11.5. The normalized spacial score (nSPS) is 14.8. The van der Waals surface area contributed by atoms with Crippen molar-refractivity contribution in [2.45, 2.75) is 25.3 Å². The average molecular weight is 264 g/mol. The van der Waals surface area contributed by atoms with Gasteiger partial charge in [-0.2, -0.15) is 0 Å². The molecule has 0 atom stereocenters. The van der Waals surface area contributed by atoms with Crippen molar-refractivity contribution in [3.8, 4) is 5.75 Å². The van der Waals surface area contributed by atoms with Crippen molar-refractivity contribution in [2.24, 2.45) is 0 Å². The molecule has 3 aromatic rings. The Kier molecular flexibility index (Phi) is 2.52. The molecule has 1 N–H and O–H groups in total. The van der Waals surface area contributed by atoms with Gasteiger partial charge in [0.25, 0.3) is 0 Å². The number of imidazole rings is 1. The predicted octanol–water partition coefficient (Wildman–Crippen LogP) is 3.67. The highest BCUT2D eigenvalue weighted by atomic mass is 16.3. The van der Waals surface area contributed by atoms with Crippen LogP contribution >= 0.6 is 0 Å². The molecule has 20 heavy (non-hydrogen) atoms. The molecule has 0 bridgehead atoms. The van der Waals surface area contributed by atoms with Crippen molar-refractivity contribution < 1.29 is 5.11 Å². The van der Waals surface area contributed by atoms with Gasteiger partial charge in [0.1, 0.15) is 11.6 Å². The van der Waals surface area contributed by atoms with Crippen LogP contribution in [0.15, 0.2) is 48.5 Å². The SMILES string of the molecule is Oc1ccc(Cc2nc3ccccc3n2C2CC2)cc1. The maximum Gasteiger partial charge on any atom is 0.115 e. The van der Waals surface area contributed by atoms with Crippen LogP contribution in [0.5, 0.6) is 5.75 Å². The number of hydrogen-bond acceptors (Lipinski definition) is 2. The van der Waals surface area contributed by atoms with Crippen molar-refractivity contribution in [1.29, 1.82) is 0 Å². The molecule has 0 radical (unpaired) electrons. The van der Waals surface area contributed by atoms with Crippen molar-refractivity contribution in [3.63, 3.8) is 0 Å². The topological polar surface area (TPSA) is 38.1 Å². The van der Waals surface area contributed by atoms with Gasteiger partial charge in [0.15, 0.2) is 0 Å². The van der Waals surface area contributed by atoms with Gasteiger partial charge in [-0.25, -0.2) is 4.98 Å². The summed E-state index contributed by atoms with van der Waals surface area (Å²) in [5.41, 5.74) is 3.50. The minimum Gasteiger partial charge on any atom is -0.508 e. The number of benzene rings is 2. The lowest BCUT2D eigenvalue weighted by atomic mass is 10.1. The number of rotatable bonds is 3. The van der Waals surface area contributed by atoms with Crippen LogP contribution in [-0.4, -0.2) is 14.7 Å². The Bertz CT molecular complexity index is 754. The lowest BCUT2D eigenvalue weighted by molar-refractivity contribution is 0.475. The molecule has 1 aliphatic carbocycles. The molecule has 2 aromatic carbocycles. The Morgan fingerprint density at radius 2 is 1.80 bits per heavy atom. The molecule has 0 unspecified atom stereocenters. The quantitative estimate of drug-likeness (QED) is 0.783. The van der Waals surface area contributed by atoms with Gasteiger partial charge in [0.05, 0.1) is 11.0 Å². The Morgan fingerprint density at radius 3 is 2.55 bits per heavy atom. The van der Waals surface area contributed by atoms with Crippen molar-refractivity contribution in [1.82, 2.24) is 9.55 Å². The average Bonchev–Trinajstić information content (AvgIpc) is 3.23. The molecule has 1 heterocycles. The molecule has 1 aliphatic rings. The summed E-state index contributed by atoms with van der Waals surface area (Å²) in [6.45, 7) is 0. The Labute approximate surface area is 117 Å². The van der Waals surface area contributed by atoms with Gasteiger partial charge >= 0.3 is 0 Å². The van der Waals surface area contributed by atoms with Gasteiger partial charge < -0.3 is 9.67 Å². The number of aromatic nitrogens is 2. The third kappa shape index (κ3) is 1.95. The predicted molar refractivity (Wildman–Crippen MR) is 78.9 cm³/mol. The summed E-state index contributed by atoms with van der Waals surface area (Å²) in [4.78, 5) is 4.79. The fourth-order valence-corrected chi connectivity index (χ4v) is 2.76. The van der Waals surface area contributed by atoms with Crippen LogP contribution in [0, 0.1) is 0 Å². The molecule has 3 nitrogen and oxygen atoms in total. The summed E-state index contributed by atoms with van der Waals surface area (Å²) in [6, 6.07) is 16.4. The first-order valence-electron chi connectivity index (χ1n) is 7.05. The maximum absolute atomic E-state index is 9.37. The number of phenolic OH excluding ortho intramolecular Hbond substituents is 1. The Hall–Kier alpha value is -2.29. The zero-order valence-electron chi connectivity index (χ0n) is 11.2. The molecule has 0 aliphatic heterocycles. The van der Waals surface area contributed by atoms with Crippen LogP contribution in [0.1, 0.15) is 30.3 Å². The standard InChI is InChI=1S/C17H16N2O/c20-14-9-5-12(6-10-14)11-17-18-15-3-1-2-4-16(15)19(17)13-7-8-13/h1-6,9-10,13,20H,7-8,11H2. The Morgan fingerprint density at radius 1 is 1.05 bits per heavy atom. The summed E-state index contributed by atoms with van der Waals surface area (Å²) in [5.74, 6) is 1.43. The highest BCUT2D eigenvalue weighted by molar-refractivity contribution is 5.76. The molecule has 0 amide bonds. The van der Waals surface area contributed by atoms with E-state index in [9.17, 15) is 5.11 Å². The van der Waals surface area contributed by atoms with Crippen molar-refractivity contribution >= 4 is 11.0 Å². The van der Waals surface area contributed by atoms with E-state index in [2.05, 4.69) is 22.8 Å². The number of fused-ring (bicyclic) bond motifs is 1. The van der Waals surface area contributed by atoms with E-state index in [0.717, 1.165) is 17.8 Å². The number of nitrogens with zero attached hydrogens (tertiary/aromatic N) is 2. The molecule has 100 valence electrons. The maximum atomic E-state index is 9.37. The lowest BCUT2D eigenvalue weighted by Gasteiger charge is -2.07. The number of phenols is 1. The third-order valence-corrected chi connectivity index (χ3v) is 3.88. The molecular weight excluding hydrogens is 248 g/mol. The molecule has 0 spiro atoms. The number of hydrogen-bond donors (Lipinski definition) is 1. The van der Waals surface area contributed by atoms with Crippen LogP contribution < -0.4 is 0 Å². The second kappa shape index (κ2) is 4.37. The summed E-state index contributed by atoms with van der Waals surface area (Å²) >= 11 is 0. The lowest BCUT2D eigenvalue weighted by Crippen LogP contribution is -2.02. The van der Waals surface area contributed by atoms with Crippen molar-refractivity contribution in [3.05, 3.63) is 59.9 Å². The van der Waals surface area contributed by atoms with E-state index in [1.807, 2.05) is 18.2 Å². The molecule has 0 saturated heterocycles. The summed E-state index contributed by atoms with van der Waals surface area (Å²) in [5, 5.41) is 9.37.